The molecular weight excluding hydrogens is 400 g/mol. The molecule has 3 heterocycles. The van der Waals surface area contributed by atoms with E-state index in [0.29, 0.717) is 11.6 Å². The third kappa shape index (κ3) is 4.91. The fraction of sp³-hybridized carbons (Fsp3) is 0.318. The Hall–Kier alpha value is -3.06. The zero-order valence-electron chi connectivity index (χ0n) is 16.9. The molecule has 1 saturated heterocycles. The van der Waals surface area contributed by atoms with Crippen molar-refractivity contribution >= 4 is 23.4 Å². The van der Waals surface area contributed by atoms with Crippen molar-refractivity contribution < 1.29 is 4.52 Å². The summed E-state index contributed by atoms with van der Waals surface area (Å²) < 4.78 is 5.46. The standard InChI is InChI=1S/C22H25ClN6O/c1-2-24-22(26-14-18-13-20(30-28-18)16-7-4-3-5-8-16)27-17-10-12-29(15-17)21-19(23)9-6-11-25-21/h3-9,11,13,17H,2,10,12,14-15H2,1H3,(H2,24,26,27). The van der Waals surface area contributed by atoms with Crippen molar-refractivity contribution in [2.24, 2.45) is 4.99 Å². The second kappa shape index (κ2) is 9.63. The third-order valence-corrected chi connectivity index (χ3v) is 5.22. The summed E-state index contributed by atoms with van der Waals surface area (Å²) >= 11 is 6.29. The Morgan fingerprint density at radius 2 is 2.13 bits per heavy atom. The Bertz CT molecular complexity index is 990. The number of halogens is 1. The van der Waals surface area contributed by atoms with E-state index in [1.165, 1.54) is 0 Å². The van der Waals surface area contributed by atoms with Crippen LogP contribution in [0.4, 0.5) is 5.82 Å². The first-order chi connectivity index (χ1) is 14.7. The van der Waals surface area contributed by atoms with Gasteiger partial charge in [-0.05, 0) is 25.5 Å². The number of aliphatic imine (C=N–C) groups is 1. The smallest absolute Gasteiger partial charge is 0.191 e. The van der Waals surface area contributed by atoms with Crippen LogP contribution in [0.5, 0.6) is 0 Å². The van der Waals surface area contributed by atoms with Crippen molar-refractivity contribution in [3.63, 3.8) is 0 Å². The molecule has 1 unspecified atom stereocenters. The van der Waals surface area contributed by atoms with Gasteiger partial charge in [-0.3, -0.25) is 0 Å². The van der Waals surface area contributed by atoms with Gasteiger partial charge in [0.05, 0.1) is 11.6 Å². The number of guanidine groups is 1. The highest BCUT2D eigenvalue weighted by Crippen LogP contribution is 2.25. The topological polar surface area (TPSA) is 78.6 Å². The Morgan fingerprint density at radius 1 is 1.27 bits per heavy atom. The lowest BCUT2D eigenvalue weighted by molar-refractivity contribution is 0.424. The highest BCUT2D eigenvalue weighted by Gasteiger charge is 2.25. The normalized spacial score (nSPS) is 16.7. The maximum absolute atomic E-state index is 6.29. The average Bonchev–Trinajstić information content (AvgIpc) is 3.43. The first kappa shape index (κ1) is 20.2. The first-order valence-corrected chi connectivity index (χ1v) is 10.5. The summed E-state index contributed by atoms with van der Waals surface area (Å²) in [4.78, 5) is 11.3. The molecule has 0 aliphatic carbocycles. The molecule has 3 aromatic rings. The van der Waals surface area contributed by atoms with E-state index in [1.54, 1.807) is 6.20 Å². The lowest BCUT2D eigenvalue weighted by atomic mass is 10.2. The second-order valence-electron chi connectivity index (χ2n) is 7.13. The van der Waals surface area contributed by atoms with Crippen LogP contribution >= 0.6 is 11.6 Å². The van der Waals surface area contributed by atoms with Crippen molar-refractivity contribution in [2.45, 2.75) is 25.9 Å². The molecule has 2 N–H and O–H groups in total. The van der Waals surface area contributed by atoms with Gasteiger partial charge in [0.25, 0.3) is 0 Å². The summed E-state index contributed by atoms with van der Waals surface area (Å²) in [5.74, 6) is 2.35. The molecule has 1 aliphatic rings. The van der Waals surface area contributed by atoms with Crippen LogP contribution in [0.1, 0.15) is 19.0 Å². The van der Waals surface area contributed by atoms with E-state index < -0.39 is 0 Å². The molecule has 1 fully saturated rings. The number of pyridine rings is 1. The van der Waals surface area contributed by atoms with E-state index in [0.717, 1.165) is 54.9 Å². The van der Waals surface area contributed by atoms with Crippen LogP contribution in [-0.4, -0.2) is 41.8 Å². The lowest BCUT2D eigenvalue weighted by Crippen LogP contribution is -2.44. The summed E-state index contributed by atoms with van der Waals surface area (Å²) in [6.07, 6.45) is 2.76. The molecule has 1 aromatic carbocycles. The van der Waals surface area contributed by atoms with E-state index >= 15 is 0 Å². The third-order valence-electron chi connectivity index (χ3n) is 4.93. The molecule has 1 aliphatic heterocycles. The fourth-order valence-corrected chi connectivity index (χ4v) is 3.72. The van der Waals surface area contributed by atoms with Gasteiger partial charge >= 0.3 is 0 Å². The predicted molar refractivity (Wildman–Crippen MR) is 120 cm³/mol. The van der Waals surface area contributed by atoms with E-state index in [9.17, 15) is 0 Å². The summed E-state index contributed by atoms with van der Waals surface area (Å²) in [6.45, 7) is 4.99. The number of nitrogens with zero attached hydrogens (tertiary/aromatic N) is 4. The van der Waals surface area contributed by atoms with Gasteiger partial charge in [-0.1, -0.05) is 47.1 Å². The number of nitrogens with one attached hydrogen (secondary N) is 2. The maximum atomic E-state index is 6.29. The molecule has 0 amide bonds. The van der Waals surface area contributed by atoms with E-state index in [1.807, 2.05) is 48.5 Å². The Balaban J connectivity index is 1.38. The first-order valence-electron chi connectivity index (χ1n) is 10.1. The summed E-state index contributed by atoms with van der Waals surface area (Å²) in [5, 5.41) is 11.6. The van der Waals surface area contributed by atoms with Crippen LogP contribution in [0.2, 0.25) is 5.02 Å². The van der Waals surface area contributed by atoms with Gasteiger partial charge in [-0.2, -0.15) is 0 Å². The molecule has 30 heavy (non-hydrogen) atoms. The Labute approximate surface area is 181 Å². The van der Waals surface area contributed by atoms with Gasteiger partial charge in [0.15, 0.2) is 11.7 Å². The van der Waals surface area contributed by atoms with Crippen LogP contribution in [-0.2, 0) is 6.54 Å². The largest absolute Gasteiger partial charge is 0.357 e. The fourth-order valence-electron chi connectivity index (χ4n) is 3.48. The molecule has 0 radical (unpaired) electrons. The highest BCUT2D eigenvalue weighted by atomic mass is 35.5. The zero-order valence-corrected chi connectivity index (χ0v) is 17.6. The number of rotatable bonds is 6. The van der Waals surface area contributed by atoms with Crippen molar-refractivity contribution in [3.05, 3.63) is 65.4 Å². The molecule has 0 bridgehead atoms. The Morgan fingerprint density at radius 3 is 2.93 bits per heavy atom. The number of benzene rings is 1. The minimum absolute atomic E-state index is 0.262. The Kier molecular flexibility index (Phi) is 6.49. The molecule has 8 heteroatoms. The average molecular weight is 425 g/mol. The highest BCUT2D eigenvalue weighted by molar-refractivity contribution is 6.32. The molecule has 7 nitrogen and oxygen atoms in total. The maximum Gasteiger partial charge on any atom is 0.191 e. The van der Waals surface area contributed by atoms with Gasteiger partial charge < -0.3 is 20.1 Å². The minimum Gasteiger partial charge on any atom is -0.357 e. The summed E-state index contributed by atoms with van der Waals surface area (Å²) in [5.41, 5.74) is 1.80. The van der Waals surface area contributed by atoms with Gasteiger partial charge in [0.1, 0.15) is 11.5 Å². The molecule has 4 rings (SSSR count). The molecule has 0 saturated carbocycles. The van der Waals surface area contributed by atoms with Crippen molar-refractivity contribution in [3.8, 4) is 11.3 Å². The van der Waals surface area contributed by atoms with Gasteiger partial charge in [-0.15, -0.1) is 0 Å². The van der Waals surface area contributed by atoms with Gasteiger partial charge in [0, 0.05) is 43.5 Å². The van der Waals surface area contributed by atoms with Crippen LogP contribution in [0.3, 0.4) is 0 Å². The van der Waals surface area contributed by atoms with Crippen LogP contribution in [0, 0.1) is 0 Å². The zero-order chi connectivity index (χ0) is 20.8. The number of anilines is 1. The number of hydrogen-bond acceptors (Lipinski definition) is 5. The molecule has 156 valence electrons. The molecular formula is C22H25ClN6O. The second-order valence-corrected chi connectivity index (χ2v) is 7.54. The van der Waals surface area contributed by atoms with E-state index in [-0.39, 0.29) is 6.04 Å². The summed E-state index contributed by atoms with van der Waals surface area (Å²) in [6, 6.07) is 15.8. The van der Waals surface area contributed by atoms with Crippen molar-refractivity contribution in [2.75, 3.05) is 24.5 Å². The number of aromatic nitrogens is 2. The quantitative estimate of drug-likeness (QED) is 0.463. The predicted octanol–water partition coefficient (Wildman–Crippen LogP) is 3.72. The monoisotopic (exact) mass is 424 g/mol. The van der Waals surface area contributed by atoms with Gasteiger partial charge in [0.2, 0.25) is 0 Å². The molecule has 1 atom stereocenters. The van der Waals surface area contributed by atoms with E-state index in [2.05, 4.69) is 37.6 Å². The van der Waals surface area contributed by atoms with Gasteiger partial charge in [-0.25, -0.2) is 9.98 Å². The number of hydrogen-bond donors (Lipinski definition) is 2. The van der Waals surface area contributed by atoms with Crippen LogP contribution < -0.4 is 15.5 Å². The van der Waals surface area contributed by atoms with Crippen LogP contribution in [0.15, 0.2) is 64.2 Å². The van der Waals surface area contributed by atoms with Crippen LogP contribution in [0.25, 0.3) is 11.3 Å². The SMILES string of the molecule is CCNC(=NCc1cc(-c2ccccc2)on1)NC1CCN(c2ncccc2Cl)C1. The van der Waals surface area contributed by atoms with Crippen molar-refractivity contribution in [1.29, 1.82) is 0 Å². The lowest BCUT2D eigenvalue weighted by Gasteiger charge is -2.20. The van der Waals surface area contributed by atoms with E-state index in [4.69, 9.17) is 16.1 Å². The van der Waals surface area contributed by atoms with Crippen molar-refractivity contribution in [1.82, 2.24) is 20.8 Å². The molecule has 0 spiro atoms. The summed E-state index contributed by atoms with van der Waals surface area (Å²) in [7, 11) is 0. The molecule has 2 aromatic heterocycles. The minimum atomic E-state index is 0.262.